The lowest BCUT2D eigenvalue weighted by Crippen LogP contribution is -2.11. The number of anilines is 2. The maximum Gasteiger partial charge on any atom is 0.252 e. The number of hydrogen-bond donors (Lipinski definition) is 2. The second-order valence-corrected chi connectivity index (χ2v) is 10.4. The lowest BCUT2D eigenvalue weighted by Gasteiger charge is -2.15. The molecule has 0 radical (unpaired) electrons. The summed E-state index contributed by atoms with van der Waals surface area (Å²) >= 11 is 0. The van der Waals surface area contributed by atoms with Crippen LogP contribution in [0.2, 0.25) is 0 Å². The third kappa shape index (κ3) is 4.90. The fraction of sp³-hybridized carbons (Fsp3) is 0.111. The van der Waals surface area contributed by atoms with Crippen molar-refractivity contribution in [3.63, 3.8) is 0 Å². The fourth-order valence-electron chi connectivity index (χ4n) is 4.08. The first-order chi connectivity index (χ1) is 18.1. The van der Waals surface area contributed by atoms with Crippen molar-refractivity contribution in [1.29, 1.82) is 5.26 Å². The Labute approximate surface area is 219 Å². The Kier molecular flexibility index (Phi) is 6.28. The Bertz CT molecular complexity index is 1800. The van der Waals surface area contributed by atoms with Gasteiger partial charge < -0.3 is 14.6 Å². The fourth-order valence-corrected chi connectivity index (χ4v) is 4.59. The van der Waals surface area contributed by atoms with Crippen molar-refractivity contribution in [2.45, 2.75) is 18.7 Å². The van der Waals surface area contributed by atoms with Crippen molar-refractivity contribution in [2.75, 3.05) is 5.32 Å². The zero-order chi connectivity index (χ0) is 27.0. The molecule has 0 bridgehead atoms. The van der Waals surface area contributed by atoms with Gasteiger partial charge in [0.25, 0.3) is 5.88 Å². The molecule has 0 saturated carbocycles. The zero-order valence-corrected chi connectivity index (χ0v) is 21.6. The minimum absolute atomic E-state index is 0.0585. The molecular formula is C27H23N7O3S. The molecule has 5 rings (SSSR count). The molecule has 5 aromatic rings. The van der Waals surface area contributed by atoms with E-state index in [1.165, 1.54) is 12.1 Å². The van der Waals surface area contributed by atoms with Crippen LogP contribution in [0.5, 0.6) is 11.6 Å². The number of primary sulfonamides is 1. The molecular weight excluding hydrogens is 502 g/mol. The average Bonchev–Trinajstić information content (AvgIpc) is 3.26. The van der Waals surface area contributed by atoms with Gasteiger partial charge in [-0.3, -0.25) is 0 Å². The summed E-state index contributed by atoms with van der Waals surface area (Å²) in [5, 5.41) is 17.4. The molecule has 10 nitrogen and oxygen atoms in total. The Morgan fingerprint density at radius 2 is 1.63 bits per heavy atom. The first-order valence-electron chi connectivity index (χ1n) is 11.5. The highest BCUT2D eigenvalue weighted by atomic mass is 32.2. The highest BCUT2D eigenvalue weighted by molar-refractivity contribution is 7.89. The predicted molar refractivity (Wildman–Crippen MR) is 144 cm³/mol. The van der Waals surface area contributed by atoms with E-state index in [0.717, 1.165) is 27.9 Å². The molecule has 3 N–H and O–H groups in total. The number of sulfonamides is 1. The number of aromatic nitrogens is 4. The first kappa shape index (κ1) is 24.9. The number of ether oxygens (including phenoxy) is 1. The molecule has 0 fully saturated rings. The van der Waals surface area contributed by atoms with Gasteiger partial charge in [-0.1, -0.05) is 12.1 Å². The Morgan fingerprint density at radius 3 is 2.24 bits per heavy atom. The topological polar surface area (TPSA) is 149 Å². The molecule has 0 unspecified atom stereocenters. The Balaban J connectivity index is 1.49. The van der Waals surface area contributed by atoms with Crippen LogP contribution >= 0.6 is 0 Å². The van der Waals surface area contributed by atoms with Gasteiger partial charge in [-0.25, -0.2) is 18.5 Å². The van der Waals surface area contributed by atoms with Crippen LogP contribution in [0.25, 0.3) is 22.3 Å². The molecule has 0 saturated heterocycles. The largest absolute Gasteiger partial charge is 0.436 e. The highest BCUT2D eigenvalue weighted by Crippen LogP contribution is 2.35. The molecule has 2 aromatic heterocycles. The number of fused-ring (bicyclic) bond motifs is 1. The summed E-state index contributed by atoms with van der Waals surface area (Å²) in [6.07, 6.45) is 1.64. The van der Waals surface area contributed by atoms with Gasteiger partial charge in [-0.15, -0.1) is 0 Å². The lowest BCUT2D eigenvalue weighted by molar-refractivity contribution is 0.461. The molecule has 3 aromatic carbocycles. The van der Waals surface area contributed by atoms with Gasteiger partial charge in [0.1, 0.15) is 5.75 Å². The SMILES string of the molecule is Cc1cc(-c2ccc(S(N)(=O)=O)cc2)cc(C)c1Oc1nc(Nc2ccc(C#N)cc2)nc2c1ncn2C. The van der Waals surface area contributed by atoms with Crippen LogP contribution in [0.15, 0.2) is 71.9 Å². The second kappa shape index (κ2) is 9.59. The van der Waals surface area contributed by atoms with E-state index in [1.54, 1.807) is 47.3 Å². The van der Waals surface area contributed by atoms with E-state index in [-0.39, 0.29) is 4.90 Å². The number of nitrogens with two attached hydrogens (primary N) is 1. The van der Waals surface area contributed by atoms with Crippen molar-refractivity contribution in [3.05, 3.63) is 83.7 Å². The number of benzene rings is 3. The molecule has 0 amide bonds. The van der Waals surface area contributed by atoms with Gasteiger partial charge in [0.2, 0.25) is 16.0 Å². The van der Waals surface area contributed by atoms with E-state index in [9.17, 15) is 8.42 Å². The van der Waals surface area contributed by atoms with E-state index in [0.29, 0.717) is 34.3 Å². The van der Waals surface area contributed by atoms with Gasteiger partial charge >= 0.3 is 0 Å². The minimum Gasteiger partial charge on any atom is -0.436 e. The van der Waals surface area contributed by atoms with Gasteiger partial charge in [-0.2, -0.15) is 15.2 Å². The standard InChI is InChI=1S/C27H23N7O3S/c1-16-12-20(19-6-10-22(11-7-19)38(29,35)36)13-17(2)24(16)37-26-23-25(34(3)15-30-23)32-27(33-26)31-21-8-4-18(14-28)5-9-21/h4-13,15H,1-3H3,(H2,29,35,36)(H,31,32,33). The van der Waals surface area contributed by atoms with Crippen molar-refractivity contribution < 1.29 is 13.2 Å². The van der Waals surface area contributed by atoms with Gasteiger partial charge in [0.15, 0.2) is 11.2 Å². The molecule has 0 aliphatic rings. The summed E-state index contributed by atoms with van der Waals surface area (Å²) in [5.41, 5.74) is 5.85. The third-order valence-electron chi connectivity index (χ3n) is 5.97. The van der Waals surface area contributed by atoms with E-state index in [1.807, 2.05) is 33.0 Å². The zero-order valence-electron chi connectivity index (χ0n) is 20.8. The van der Waals surface area contributed by atoms with Crippen LogP contribution in [-0.4, -0.2) is 27.9 Å². The maximum absolute atomic E-state index is 11.6. The molecule has 0 spiro atoms. The van der Waals surface area contributed by atoms with Crippen LogP contribution in [0.4, 0.5) is 11.6 Å². The Hall–Kier alpha value is -4.79. The molecule has 0 atom stereocenters. The predicted octanol–water partition coefficient (Wildman–Crippen LogP) is 4.70. The van der Waals surface area contributed by atoms with Crippen LogP contribution < -0.4 is 15.2 Å². The third-order valence-corrected chi connectivity index (χ3v) is 6.90. The number of aryl methyl sites for hydroxylation is 3. The minimum atomic E-state index is -3.76. The van der Waals surface area contributed by atoms with E-state index < -0.39 is 10.0 Å². The summed E-state index contributed by atoms with van der Waals surface area (Å²) in [6, 6.07) is 19.4. The van der Waals surface area contributed by atoms with Crippen LogP contribution in [-0.2, 0) is 17.1 Å². The van der Waals surface area contributed by atoms with Crippen LogP contribution in [0.1, 0.15) is 16.7 Å². The highest BCUT2D eigenvalue weighted by Gasteiger charge is 2.17. The summed E-state index contributed by atoms with van der Waals surface area (Å²) in [6.45, 7) is 3.86. The summed E-state index contributed by atoms with van der Waals surface area (Å²) in [7, 11) is -1.92. The average molecular weight is 526 g/mol. The van der Waals surface area contributed by atoms with E-state index in [4.69, 9.17) is 15.1 Å². The number of rotatable bonds is 6. The van der Waals surface area contributed by atoms with Gasteiger partial charge in [0.05, 0.1) is 22.9 Å². The molecule has 0 aliphatic carbocycles. The number of nitrogens with zero attached hydrogens (tertiary/aromatic N) is 5. The lowest BCUT2D eigenvalue weighted by atomic mass is 10.00. The van der Waals surface area contributed by atoms with Crippen molar-refractivity contribution in [3.8, 4) is 28.8 Å². The monoisotopic (exact) mass is 525 g/mol. The van der Waals surface area contributed by atoms with Gasteiger partial charge in [0, 0.05) is 12.7 Å². The molecule has 11 heteroatoms. The summed E-state index contributed by atoms with van der Waals surface area (Å²) < 4.78 is 31.3. The van der Waals surface area contributed by atoms with Crippen molar-refractivity contribution in [1.82, 2.24) is 19.5 Å². The van der Waals surface area contributed by atoms with Gasteiger partial charge in [-0.05, 0) is 84.6 Å². The Morgan fingerprint density at radius 1 is 0.974 bits per heavy atom. The smallest absolute Gasteiger partial charge is 0.252 e. The normalized spacial score (nSPS) is 11.3. The second-order valence-electron chi connectivity index (χ2n) is 8.80. The summed E-state index contributed by atoms with van der Waals surface area (Å²) in [4.78, 5) is 13.7. The quantitative estimate of drug-likeness (QED) is 0.324. The van der Waals surface area contributed by atoms with Crippen LogP contribution in [0.3, 0.4) is 0 Å². The molecule has 2 heterocycles. The van der Waals surface area contributed by atoms with Crippen molar-refractivity contribution in [2.24, 2.45) is 12.2 Å². The summed E-state index contributed by atoms with van der Waals surface area (Å²) in [5.74, 6) is 1.25. The number of hydrogen-bond acceptors (Lipinski definition) is 8. The number of nitriles is 1. The molecule has 190 valence electrons. The molecule has 38 heavy (non-hydrogen) atoms. The number of imidazole rings is 1. The van der Waals surface area contributed by atoms with Crippen LogP contribution in [0, 0.1) is 25.2 Å². The van der Waals surface area contributed by atoms with Crippen molar-refractivity contribution >= 4 is 32.8 Å². The van der Waals surface area contributed by atoms with E-state index >= 15 is 0 Å². The number of nitrogens with one attached hydrogen (secondary N) is 1. The first-order valence-corrected chi connectivity index (χ1v) is 13.1. The van der Waals surface area contributed by atoms with E-state index in [2.05, 4.69) is 26.3 Å². The maximum atomic E-state index is 11.6. The molecule has 0 aliphatic heterocycles.